The zero-order valence-electron chi connectivity index (χ0n) is 17.3. The summed E-state index contributed by atoms with van der Waals surface area (Å²) in [6.07, 6.45) is 0. The summed E-state index contributed by atoms with van der Waals surface area (Å²) in [5.41, 5.74) is 0.877. The number of carboxylic acid groups (broad SMARTS) is 1. The zero-order chi connectivity index (χ0) is 24.3. The molecule has 0 saturated carbocycles. The Balaban J connectivity index is 1.82. The number of carbonyl (C=O) groups excluding carboxylic acids is 1. The van der Waals surface area contributed by atoms with E-state index in [-0.39, 0.29) is 38.2 Å². The third-order valence-corrected chi connectivity index (χ3v) is 6.64. The number of aromatic carboxylic acids is 1. The molecular weight excluding hydrogens is 491 g/mol. The smallest absolute Gasteiger partial charge is 0.337 e. The van der Waals surface area contributed by atoms with Crippen molar-refractivity contribution >= 4 is 56.5 Å². The summed E-state index contributed by atoms with van der Waals surface area (Å²) in [5, 5.41) is 12.4. The highest BCUT2D eigenvalue weighted by Gasteiger charge is 2.19. The van der Waals surface area contributed by atoms with Crippen molar-refractivity contribution in [2.45, 2.75) is 11.8 Å². The third-order valence-electron chi connectivity index (χ3n) is 4.61. The van der Waals surface area contributed by atoms with Gasteiger partial charge in [-0.3, -0.25) is 9.52 Å². The summed E-state index contributed by atoms with van der Waals surface area (Å²) in [7, 11) is -2.61. The Morgan fingerprint density at radius 3 is 2.24 bits per heavy atom. The molecular formula is C22H18Cl2N2O6S. The van der Waals surface area contributed by atoms with Gasteiger partial charge in [0.1, 0.15) is 5.75 Å². The van der Waals surface area contributed by atoms with Crippen molar-refractivity contribution in [1.82, 2.24) is 0 Å². The monoisotopic (exact) mass is 508 g/mol. The van der Waals surface area contributed by atoms with Crippen LogP contribution in [-0.2, 0) is 10.0 Å². The number of amides is 1. The summed E-state index contributed by atoms with van der Waals surface area (Å²) >= 11 is 11.9. The minimum absolute atomic E-state index is 0.0560. The summed E-state index contributed by atoms with van der Waals surface area (Å²) in [6.45, 7) is 1.73. The molecule has 0 aromatic heterocycles. The molecule has 0 heterocycles. The zero-order valence-corrected chi connectivity index (χ0v) is 19.7. The van der Waals surface area contributed by atoms with Crippen molar-refractivity contribution in [2.24, 2.45) is 0 Å². The van der Waals surface area contributed by atoms with Gasteiger partial charge in [-0.25, -0.2) is 13.2 Å². The number of hydrogen-bond acceptors (Lipinski definition) is 5. The van der Waals surface area contributed by atoms with Crippen LogP contribution >= 0.6 is 23.2 Å². The number of ether oxygens (including phenoxy) is 1. The highest BCUT2D eigenvalue weighted by atomic mass is 35.5. The predicted octanol–water partition coefficient (Wildman–Crippen LogP) is 5.06. The van der Waals surface area contributed by atoms with E-state index in [1.54, 1.807) is 13.0 Å². The molecule has 3 rings (SSSR count). The number of methoxy groups -OCH3 is 1. The van der Waals surface area contributed by atoms with Crippen LogP contribution in [0.3, 0.4) is 0 Å². The van der Waals surface area contributed by atoms with Crippen LogP contribution in [0.1, 0.15) is 26.3 Å². The van der Waals surface area contributed by atoms with E-state index in [4.69, 9.17) is 27.9 Å². The van der Waals surface area contributed by atoms with Gasteiger partial charge < -0.3 is 15.2 Å². The minimum Gasteiger partial charge on any atom is -0.495 e. The molecule has 33 heavy (non-hydrogen) atoms. The maximum Gasteiger partial charge on any atom is 0.337 e. The lowest BCUT2D eigenvalue weighted by atomic mass is 10.1. The van der Waals surface area contributed by atoms with Gasteiger partial charge in [0.15, 0.2) is 0 Å². The quantitative estimate of drug-likeness (QED) is 0.409. The summed E-state index contributed by atoms with van der Waals surface area (Å²) < 4.78 is 33.3. The highest BCUT2D eigenvalue weighted by molar-refractivity contribution is 7.92. The second-order valence-electron chi connectivity index (χ2n) is 6.88. The molecule has 1 amide bonds. The van der Waals surface area contributed by atoms with Crippen molar-refractivity contribution in [3.8, 4) is 5.75 Å². The number of sulfonamides is 1. The van der Waals surface area contributed by atoms with Gasteiger partial charge in [0.25, 0.3) is 15.9 Å². The van der Waals surface area contributed by atoms with Crippen LogP contribution in [0.15, 0.2) is 59.5 Å². The van der Waals surface area contributed by atoms with Gasteiger partial charge in [-0.05, 0) is 61.0 Å². The van der Waals surface area contributed by atoms with E-state index in [0.29, 0.717) is 10.6 Å². The normalized spacial score (nSPS) is 11.0. The molecule has 0 bridgehead atoms. The second-order valence-corrected chi connectivity index (χ2v) is 9.41. The number of rotatable bonds is 7. The summed E-state index contributed by atoms with van der Waals surface area (Å²) in [4.78, 5) is 23.8. The van der Waals surface area contributed by atoms with Crippen LogP contribution in [-0.4, -0.2) is 32.5 Å². The van der Waals surface area contributed by atoms with Crippen LogP contribution in [0.5, 0.6) is 5.75 Å². The average Bonchev–Trinajstić information content (AvgIpc) is 2.77. The molecule has 0 atom stereocenters. The number of aryl methyl sites for hydroxylation is 1. The van der Waals surface area contributed by atoms with Crippen LogP contribution in [0.2, 0.25) is 10.0 Å². The molecule has 0 aliphatic heterocycles. The molecule has 3 aromatic rings. The minimum atomic E-state index is -4.00. The van der Waals surface area contributed by atoms with Crippen LogP contribution in [0.25, 0.3) is 0 Å². The number of benzene rings is 3. The molecule has 0 radical (unpaired) electrons. The number of halogens is 2. The van der Waals surface area contributed by atoms with Gasteiger partial charge in [-0.2, -0.15) is 0 Å². The van der Waals surface area contributed by atoms with Crippen molar-refractivity contribution < 1.29 is 27.9 Å². The van der Waals surface area contributed by atoms with Crippen LogP contribution < -0.4 is 14.8 Å². The lowest BCUT2D eigenvalue weighted by Crippen LogP contribution is -2.16. The van der Waals surface area contributed by atoms with Crippen LogP contribution in [0, 0.1) is 6.92 Å². The Morgan fingerprint density at radius 2 is 1.64 bits per heavy atom. The fourth-order valence-corrected chi connectivity index (χ4v) is 4.28. The fraction of sp³-hybridized carbons (Fsp3) is 0.0909. The Bertz CT molecular complexity index is 1340. The van der Waals surface area contributed by atoms with Gasteiger partial charge in [0.05, 0.1) is 28.9 Å². The highest BCUT2D eigenvalue weighted by Crippen LogP contribution is 2.32. The molecule has 0 saturated heterocycles. The molecule has 3 N–H and O–H groups in total. The molecule has 3 aromatic carbocycles. The number of nitrogens with one attached hydrogen (secondary N) is 2. The van der Waals surface area contributed by atoms with Gasteiger partial charge in [-0.1, -0.05) is 23.2 Å². The molecule has 11 heteroatoms. The van der Waals surface area contributed by atoms with E-state index < -0.39 is 21.9 Å². The third kappa shape index (κ3) is 5.57. The topological polar surface area (TPSA) is 122 Å². The maximum atomic E-state index is 12.8. The second kappa shape index (κ2) is 9.70. The Kier molecular flexibility index (Phi) is 7.16. The Hall–Kier alpha value is -3.27. The standard InChI is InChI=1S/C22H18Cl2N2O6S/c1-12-9-19(20(32-2)11-17(12)24)26-33(30,31)15-6-3-13(4-7-15)21(27)25-18-8-5-14(23)10-16(18)22(28)29/h3-11,26H,1-2H3,(H,25,27)(H,28,29). The molecule has 0 fully saturated rings. The van der Waals surface area contributed by atoms with E-state index in [0.717, 1.165) is 0 Å². The molecule has 0 spiro atoms. The lowest BCUT2D eigenvalue weighted by Gasteiger charge is -2.14. The van der Waals surface area contributed by atoms with E-state index >= 15 is 0 Å². The first kappa shape index (κ1) is 24.4. The van der Waals surface area contributed by atoms with E-state index in [1.165, 1.54) is 55.6 Å². The van der Waals surface area contributed by atoms with Gasteiger partial charge in [0, 0.05) is 21.7 Å². The first-order valence-corrected chi connectivity index (χ1v) is 11.6. The number of hydrogen-bond donors (Lipinski definition) is 3. The summed E-state index contributed by atoms with van der Waals surface area (Å²) in [6, 6.07) is 12.2. The van der Waals surface area contributed by atoms with Gasteiger partial charge in [-0.15, -0.1) is 0 Å². The van der Waals surface area contributed by atoms with Crippen molar-refractivity contribution in [1.29, 1.82) is 0 Å². The number of anilines is 2. The first-order valence-electron chi connectivity index (χ1n) is 9.33. The van der Waals surface area contributed by atoms with Crippen molar-refractivity contribution in [3.63, 3.8) is 0 Å². The lowest BCUT2D eigenvalue weighted by molar-refractivity contribution is 0.0698. The van der Waals surface area contributed by atoms with Crippen LogP contribution in [0.4, 0.5) is 11.4 Å². The number of carbonyl (C=O) groups is 2. The SMILES string of the molecule is COc1cc(Cl)c(C)cc1NS(=O)(=O)c1ccc(C(=O)Nc2ccc(Cl)cc2C(=O)O)cc1. The molecule has 8 nitrogen and oxygen atoms in total. The maximum absolute atomic E-state index is 12.8. The first-order chi connectivity index (χ1) is 15.5. The molecule has 0 unspecified atom stereocenters. The average molecular weight is 509 g/mol. The molecule has 0 aliphatic carbocycles. The van der Waals surface area contributed by atoms with E-state index in [1.807, 2.05) is 0 Å². The van der Waals surface area contributed by atoms with Gasteiger partial charge >= 0.3 is 5.97 Å². The largest absolute Gasteiger partial charge is 0.495 e. The molecule has 0 aliphatic rings. The number of carboxylic acids is 1. The van der Waals surface area contributed by atoms with Crippen molar-refractivity contribution in [3.05, 3.63) is 81.3 Å². The fourth-order valence-electron chi connectivity index (χ4n) is 2.90. The molecule has 172 valence electrons. The van der Waals surface area contributed by atoms with E-state index in [9.17, 15) is 23.1 Å². The van der Waals surface area contributed by atoms with Crippen molar-refractivity contribution in [2.75, 3.05) is 17.1 Å². The summed E-state index contributed by atoms with van der Waals surface area (Å²) in [5.74, 6) is -1.62. The Labute approximate surface area is 200 Å². The van der Waals surface area contributed by atoms with Gasteiger partial charge in [0.2, 0.25) is 0 Å². The Morgan fingerprint density at radius 1 is 0.970 bits per heavy atom. The van der Waals surface area contributed by atoms with E-state index in [2.05, 4.69) is 10.0 Å². The predicted molar refractivity (Wildman–Crippen MR) is 126 cm³/mol.